The highest BCUT2D eigenvalue weighted by molar-refractivity contribution is 5.99. The summed E-state index contributed by atoms with van der Waals surface area (Å²) < 4.78 is 27.0. The van der Waals surface area contributed by atoms with Crippen molar-refractivity contribution in [2.45, 2.75) is 12.1 Å². The summed E-state index contributed by atoms with van der Waals surface area (Å²) in [5.41, 5.74) is 4.01. The van der Waals surface area contributed by atoms with Crippen LogP contribution in [0.1, 0.15) is 11.6 Å². The molecule has 10 nitrogen and oxygen atoms in total. The minimum atomic E-state index is -0.312. The lowest BCUT2D eigenvalue weighted by atomic mass is 10.0. The number of rotatable bonds is 5. The van der Waals surface area contributed by atoms with E-state index in [4.69, 9.17) is 19.4 Å². The Hall–Kier alpha value is -4.32. The minimum Gasteiger partial charge on any atom is -0.394 e. The summed E-state index contributed by atoms with van der Waals surface area (Å²) in [4.78, 5) is 30.2. The Balaban J connectivity index is 1.41. The predicted octanol–water partition coefficient (Wildman–Crippen LogP) is 3.39. The van der Waals surface area contributed by atoms with Crippen LogP contribution >= 0.6 is 0 Å². The highest BCUT2D eigenvalue weighted by atomic mass is 19.1. The number of aromatic nitrogens is 4. The standard InChI is InChI=1S/C31H31FN6O4/c1-36-16-25(23-8-9-33-28(23)30(36)40)20-4-7-26-24(14-20)29(35-31(34-26)37-10-13-42-22(15-37)17-39)38-11-12-41-18-27(38)19-2-5-21(32)6-3-19/h2-9,14,16,22,27,33,39H,10-13,15,17-18H2,1H3/t22-,27+/m0/s1. The van der Waals surface area contributed by atoms with E-state index >= 15 is 0 Å². The average Bonchev–Trinajstić information content (AvgIpc) is 3.53. The van der Waals surface area contributed by atoms with E-state index in [9.17, 15) is 14.3 Å². The number of hydrogen-bond acceptors (Lipinski definition) is 8. The van der Waals surface area contributed by atoms with Gasteiger partial charge >= 0.3 is 0 Å². The summed E-state index contributed by atoms with van der Waals surface area (Å²) in [6.07, 6.45) is 3.32. The Morgan fingerprint density at radius 3 is 2.76 bits per heavy atom. The van der Waals surface area contributed by atoms with E-state index in [2.05, 4.69) is 16.0 Å². The van der Waals surface area contributed by atoms with Crippen LogP contribution in [-0.2, 0) is 16.5 Å². The fourth-order valence-corrected chi connectivity index (χ4v) is 5.96. The summed E-state index contributed by atoms with van der Waals surface area (Å²) in [5, 5.41) is 11.4. The van der Waals surface area contributed by atoms with Crippen LogP contribution in [0.3, 0.4) is 0 Å². The van der Waals surface area contributed by atoms with Gasteiger partial charge < -0.3 is 33.9 Å². The van der Waals surface area contributed by atoms with Gasteiger partial charge in [-0.05, 0) is 41.5 Å². The third kappa shape index (κ3) is 4.69. The van der Waals surface area contributed by atoms with Crippen LogP contribution in [0, 0.1) is 5.82 Å². The van der Waals surface area contributed by atoms with Gasteiger partial charge in [0.2, 0.25) is 5.95 Å². The molecule has 2 fully saturated rings. The van der Waals surface area contributed by atoms with Crippen LogP contribution in [0.4, 0.5) is 16.2 Å². The first-order chi connectivity index (χ1) is 20.5. The normalized spacial score (nSPS) is 19.6. The Morgan fingerprint density at radius 1 is 1.07 bits per heavy atom. The van der Waals surface area contributed by atoms with E-state index in [1.54, 1.807) is 29.9 Å². The van der Waals surface area contributed by atoms with Gasteiger partial charge in [0.05, 0.1) is 44.1 Å². The maximum atomic E-state index is 13.8. The highest BCUT2D eigenvalue weighted by Gasteiger charge is 2.30. The molecule has 0 unspecified atom stereocenters. The number of hydrogen-bond donors (Lipinski definition) is 2. The summed E-state index contributed by atoms with van der Waals surface area (Å²) in [5.74, 6) is 1.02. The molecule has 2 aromatic carbocycles. The minimum absolute atomic E-state index is 0.0798. The molecule has 7 rings (SSSR count). The van der Waals surface area contributed by atoms with E-state index in [0.717, 1.165) is 38.8 Å². The van der Waals surface area contributed by atoms with Gasteiger partial charge in [-0.2, -0.15) is 4.98 Å². The molecule has 2 saturated heterocycles. The summed E-state index contributed by atoms with van der Waals surface area (Å²) in [6, 6.07) is 14.3. The van der Waals surface area contributed by atoms with E-state index < -0.39 is 0 Å². The maximum Gasteiger partial charge on any atom is 0.274 e. The second-order valence-corrected chi connectivity index (χ2v) is 10.8. The molecular formula is C31H31FN6O4. The molecule has 0 aliphatic carbocycles. The first-order valence-electron chi connectivity index (χ1n) is 14.1. The maximum absolute atomic E-state index is 13.8. The SMILES string of the molecule is Cn1cc(-c2ccc3nc(N4CCO[C@H](CO)C4)nc(N4CCOC[C@@H]4c4ccc(F)cc4)c3c2)c2cc[nH]c2c1=O. The fourth-order valence-electron chi connectivity index (χ4n) is 5.96. The van der Waals surface area contributed by atoms with Crippen molar-refractivity contribution >= 4 is 33.6 Å². The molecule has 0 spiro atoms. The average molecular weight is 571 g/mol. The monoisotopic (exact) mass is 570 g/mol. The van der Waals surface area contributed by atoms with E-state index in [1.165, 1.54) is 12.1 Å². The summed E-state index contributed by atoms with van der Waals surface area (Å²) in [6.45, 7) is 3.01. The number of aliphatic hydroxyl groups excluding tert-OH is 1. The molecule has 216 valence electrons. The molecule has 2 aliphatic heterocycles. The Kier molecular flexibility index (Phi) is 6.85. The first kappa shape index (κ1) is 26.6. The number of aryl methyl sites for hydroxylation is 1. The fraction of sp³-hybridized carbons (Fsp3) is 0.323. The van der Waals surface area contributed by atoms with Crippen molar-refractivity contribution in [3.8, 4) is 11.1 Å². The zero-order chi connectivity index (χ0) is 28.8. The molecule has 0 amide bonds. The molecule has 42 heavy (non-hydrogen) atoms. The topological polar surface area (TPSA) is 109 Å². The lowest BCUT2D eigenvalue weighted by Crippen LogP contribution is -2.45. The van der Waals surface area contributed by atoms with E-state index in [-0.39, 0.29) is 30.1 Å². The zero-order valence-corrected chi connectivity index (χ0v) is 23.2. The zero-order valence-electron chi connectivity index (χ0n) is 23.2. The van der Waals surface area contributed by atoms with Gasteiger partial charge in [0.1, 0.15) is 17.2 Å². The van der Waals surface area contributed by atoms with Crippen LogP contribution in [0.15, 0.2) is 65.7 Å². The Morgan fingerprint density at radius 2 is 1.93 bits per heavy atom. The van der Waals surface area contributed by atoms with E-state index in [0.29, 0.717) is 50.9 Å². The molecule has 5 heterocycles. The second kappa shape index (κ2) is 10.8. The number of fused-ring (bicyclic) bond motifs is 2. The number of halogens is 1. The summed E-state index contributed by atoms with van der Waals surface area (Å²) in [7, 11) is 1.75. The second-order valence-electron chi connectivity index (χ2n) is 10.8. The predicted molar refractivity (Wildman–Crippen MR) is 158 cm³/mol. The lowest BCUT2D eigenvalue weighted by molar-refractivity contribution is 0.00315. The quantitative estimate of drug-likeness (QED) is 0.331. The first-order valence-corrected chi connectivity index (χ1v) is 14.1. The van der Waals surface area contributed by atoms with Crippen LogP contribution < -0.4 is 15.4 Å². The van der Waals surface area contributed by atoms with Gasteiger partial charge in [0.15, 0.2) is 0 Å². The number of nitrogens with zero attached hydrogens (tertiary/aromatic N) is 5. The van der Waals surface area contributed by atoms with Crippen LogP contribution in [0.2, 0.25) is 0 Å². The van der Waals surface area contributed by atoms with Crippen molar-refractivity contribution in [1.82, 2.24) is 19.5 Å². The Bertz CT molecular complexity index is 1820. The molecule has 0 radical (unpaired) electrons. The molecule has 3 aromatic heterocycles. The third-order valence-corrected chi connectivity index (χ3v) is 8.15. The number of anilines is 2. The van der Waals surface area contributed by atoms with Gasteiger partial charge in [0, 0.05) is 55.4 Å². The van der Waals surface area contributed by atoms with Gasteiger partial charge in [-0.3, -0.25) is 4.79 Å². The van der Waals surface area contributed by atoms with Crippen molar-refractivity contribution < 1.29 is 19.0 Å². The van der Waals surface area contributed by atoms with Crippen LogP contribution in [0.5, 0.6) is 0 Å². The number of benzene rings is 2. The van der Waals surface area contributed by atoms with Crippen molar-refractivity contribution in [2.75, 3.05) is 55.9 Å². The van der Waals surface area contributed by atoms with E-state index in [1.807, 2.05) is 29.3 Å². The largest absolute Gasteiger partial charge is 0.394 e. The van der Waals surface area contributed by atoms with Crippen molar-refractivity contribution in [3.05, 3.63) is 82.7 Å². The number of morpholine rings is 2. The molecule has 2 aliphatic rings. The number of ether oxygens (including phenoxy) is 2. The smallest absolute Gasteiger partial charge is 0.274 e. The van der Waals surface area contributed by atoms with Gasteiger partial charge in [-0.25, -0.2) is 9.37 Å². The van der Waals surface area contributed by atoms with Crippen molar-refractivity contribution in [3.63, 3.8) is 0 Å². The number of aliphatic hydroxyl groups is 1. The molecule has 11 heteroatoms. The third-order valence-electron chi connectivity index (χ3n) is 8.15. The molecule has 0 saturated carbocycles. The summed E-state index contributed by atoms with van der Waals surface area (Å²) >= 11 is 0. The number of H-pyrrole nitrogens is 1. The number of nitrogens with one attached hydrogen (secondary N) is 1. The van der Waals surface area contributed by atoms with Crippen LogP contribution in [0.25, 0.3) is 32.9 Å². The molecular weight excluding hydrogens is 539 g/mol. The molecule has 0 bridgehead atoms. The van der Waals surface area contributed by atoms with Gasteiger partial charge in [-0.1, -0.05) is 18.2 Å². The van der Waals surface area contributed by atoms with Crippen LogP contribution in [-0.4, -0.2) is 76.8 Å². The van der Waals surface area contributed by atoms with Crippen molar-refractivity contribution in [2.24, 2.45) is 7.05 Å². The number of pyridine rings is 1. The van der Waals surface area contributed by atoms with Crippen molar-refractivity contribution in [1.29, 1.82) is 0 Å². The molecule has 2 N–H and O–H groups in total. The molecule has 5 aromatic rings. The van der Waals surface area contributed by atoms with Gasteiger partial charge in [0.25, 0.3) is 5.56 Å². The number of aromatic amines is 1. The Labute approximate surface area is 240 Å². The van der Waals surface area contributed by atoms with Gasteiger partial charge in [-0.15, -0.1) is 0 Å². The molecule has 2 atom stereocenters. The lowest BCUT2D eigenvalue weighted by Gasteiger charge is -2.38. The highest BCUT2D eigenvalue weighted by Crippen LogP contribution is 2.37.